The highest BCUT2D eigenvalue weighted by Gasteiger charge is 2.15. The van der Waals surface area contributed by atoms with Gasteiger partial charge in [0.2, 0.25) is 0 Å². The molecule has 1 heterocycles. The highest BCUT2D eigenvalue weighted by molar-refractivity contribution is 6.00. The Bertz CT molecular complexity index is 593. The number of pyridine rings is 1. The Balaban J connectivity index is 1.99. The second kappa shape index (κ2) is 6.44. The summed E-state index contributed by atoms with van der Waals surface area (Å²) in [5, 5.41) is 3.24. The number of rotatable bonds is 5. The van der Waals surface area contributed by atoms with Gasteiger partial charge in [-0.15, -0.1) is 0 Å². The Hall–Kier alpha value is -2.00. The number of hydrogen-bond donors (Lipinski definition) is 1. The van der Waals surface area contributed by atoms with E-state index in [9.17, 15) is 4.79 Å². The molecule has 1 aromatic carbocycles. The molecule has 104 valence electrons. The summed E-state index contributed by atoms with van der Waals surface area (Å²) in [5.74, 6) is 0.122. The van der Waals surface area contributed by atoms with Crippen LogP contribution in [0.4, 0.5) is 0 Å². The van der Waals surface area contributed by atoms with E-state index in [1.807, 2.05) is 51.1 Å². The summed E-state index contributed by atoms with van der Waals surface area (Å²) < 4.78 is 0. The van der Waals surface area contributed by atoms with Gasteiger partial charge in [-0.3, -0.25) is 9.78 Å². The number of nitrogens with one attached hydrogen (secondary N) is 1. The number of ketones is 1. The lowest BCUT2D eigenvalue weighted by atomic mass is 10.0. The van der Waals surface area contributed by atoms with E-state index >= 15 is 0 Å². The monoisotopic (exact) mass is 268 g/mol. The van der Waals surface area contributed by atoms with Gasteiger partial charge in [-0.05, 0) is 49.6 Å². The molecule has 2 rings (SSSR count). The number of nitrogens with zero attached hydrogens (tertiary/aromatic N) is 1. The van der Waals surface area contributed by atoms with Crippen molar-refractivity contribution in [2.24, 2.45) is 0 Å². The highest BCUT2D eigenvalue weighted by Crippen LogP contribution is 2.12. The Morgan fingerprint density at radius 3 is 2.70 bits per heavy atom. The Kier molecular flexibility index (Phi) is 4.64. The van der Waals surface area contributed by atoms with Gasteiger partial charge >= 0.3 is 0 Å². The molecule has 1 atom stereocenters. The standard InChI is InChI=1S/C17H20N2O/c1-12-6-7-16(9-13(12)2)17(20)14(3)19-11-15-5-4-8-18-10-15/h4-10,14,19H,11H2,1-3H3. The molecule has 1 aromatic heterocycles. The average molecular weight is 268 g/mol. The molecule has 0 bridgehead atoms. The van der Waals surface area contributed by atoms with Crippen LogP contribution < -0.4 is 5.32 Å². The predicted molar refractivity (Wildman–Crippen MR) is 80.8 cm³/mol. The van der Waals surface area contributed by atoms with Crippen LogP contribution in [-0.2, 0) is 6.54 Å². The molecular weight excluding hydrogens is 248 g/mol. The quantitative estimate of drug-likeness (QED) is 0.847. The smallest absolute Gasteiger partial charge is 0.179 e. The van der Waals surface area contributed by atoms with Crippen LogP contribution in [-0.4, -0.2) is 16.8 Å². The zero-order valence-corrected chi connectivity index (χ0v) is 12.2. The SMILES string of the molecule is Cc1ccc(C(=O)C(C)NCc2cccnc2)cc1C. The largest absolute Gasteiger partial charge is 0.303 e. The molecule has 0 amide bonds. The van der Waals surface area contributed by atoms with Crippen molar-refractivity contribution in [1.82, 2.24) is 10.3 Å². The maximum atomic E-state index is 12.4. The van der Waals surface area contributed by atoms with E-state index in [0.717, 1.165) is 16.7 Å². The van der Waals surface area contributed by atoms with E-state index in [2.05, 4.69) is 10.3 Å². The zero-order chi connectivity index (χ0) is 14.5. The summed E-state index contributed by atoms with van der Waals surface area (Å²) in [7, 11) is 0. The second-order valence-electron chi connectivity index (χ2n) is 5.13. The van der Waals surface area contributed by atoms with Crippen LogP contribution in [0.3, 0.4) is 0 Å². The van der Waals surface area contributed by atoms with Crippen molar-refractivity contribution in [1.29, 1.82) is 0 Å². The van der Waals surface area contributed by atoms with Crippen molar-refractivity contribution in [3.8, 4) is 0 Å². The van der Waals surface area contributed by atoms with Gasteiger partial charge in [-0.2, -0.15) is 0 Å². The molecule has 0 fully saturated rings. The van der Waals surface area contributed by atoms with Crippen molar-refractivity contribution in [3.05, 3.63) is 65.0 Å². The van der Waals surface area contributed by atoms with Crippen molar-refractivity contribution in [2.45, 2.75) is 33.4 Å². The first-order valence-electron chi connectivity index (χ1n) is 6.81. The molecule has 1 unspecified atom stereocenters. The van der Waals surface area contributed by atoms with Gasteiger partial charge in [-0.1, -0.05) is 18.2 Å². The lowest BCUT2D eigenvalue weighted by molar-refractivity contribution is 0.0950. The third kappa shape index (κ3) is 3.52. The van der Waals surface area contributed by atoms with Gasteiger partial charge < -0.3 is 5.32 Å². The number of Topliss-reactive ketones (excluding diaryl/α,β-unsaturated/α-hetero) is 1. The minimum atomic E-state index is -0.211. The molecular formula is C17H20N2O. The topological polar surface area (TPSA) is 42.0 Å². The van der Waals surface area contributed by atoms with E-state index in [0.29, 0.717) is 6.54 Å². The second-order valence-corrected chi connectivity index (χ2v) is 5.13. The molecule has 20 heavy (non-hydrogen) atoms. The Morgan fingerprint density at radius 1 is 1.25 bits per heavy atom. The molecule has 3 nitrogen and oxygen atoms in total. The van der Waals surface area contributed by atoms with Crippen molar-refractivity contribution < 1.29 is 4.79 Å². The van der Waals surface area contributed by atoms with Gasteiger partial charge in [-0.25, -0.2) is 0 Å². The average Bonchev–Trinajstić information content (AvgIpc) is 2.48. The maximum absolute atomic E-state index is 12.4. The lowest BCUT2D eigenvalue weighted by Crippen LogP contribution is -2.33. The number of aromatic nitrogens is 1. The Labute approximate surface area is 120 Å². The van der Waals surface area contributed by atoms with Crippen LogP contribution in [0.5, 0.6) is 0 Å². The number of carbonyl (C=O) groups excluding carboxylic acids is 1. The molecule has 0 aliphatic heterocycles. The van der Waals surface area contributed by atoms with Gasteiger partial charge in [0.25, 0.3) is 0 Å². The van der Waals surface area contributed by atoms with E-state index in [1.165, 1.54) is 5.56 Å². The van der Waals surface area contributed by atoms with E-state index in [1.54, 1.807) is 12.4 Å². The van der Waals surface area contributed by atoms with E-state index < -0.39 is 0 Å². The number of carbonyl (C=O) groups is 1. The third-order valence-corrected chi connectivity index (χ3v) is 3.52. The van der Waals surface area contributed by atoms with Crippen LogP contribution in [0.15, 0.2) is 42.7 Å². The van der Waals surface area contributed by atoms with Gasteiger partial charge in [0.15, 0.2) is 5.78 Å². The van der Waals surface area contributed by atoms with Crippen LogP contribution in [0.25, 0.3) is 0 Å². The van der Waals surface area contributed by atoms with Gasteiger partial charge in [0.1, 0.15) is 0 Å². The van der Waals surface area contributed by atoms with E-state index in [-0.39, 0.29) is 11.8 Å². The summed E-state index contributed by atoms with van der Waals surface area (Å²) in [5.41, 5.74) is 4.19. The third-order valence-electron chi connectivity index (χ3n) is 3.52. The lowest BCUT2D eigenvalue weighted by Gasteiger charge is -2.13. The number of aryl methyl sites for hydroxylation is 2. The minimum Gasteiger partial charge on any atom is -0.303 e. The molecule has 1 N–H and O–H groups in total. The van der Waals surface area contributed by atoms with Gasteiger partial charge in [0, 0.05) is 24.5 Å². The fraction of sp³-hybridized carbons (Fsp3) is 0.294. The molecule has 0 saturated heterocycles. The number of hydrogen-bond acceptors (Lipinski definition) is 3. The Morgan fingerprint density at radius 2 is 2.05 bits per heavy atom. The van der Waals surface area contributed by atoms with Crippen LogP contribution >= 0.6 is 0 Å². The van der Waals surface area contributed by atoms with Crippen LogP contribution in [0, 0.1) is 13.8 Å². The molecule has 2 aromatic rings. The van der Waals surface area contributed by atoms with Crippen molar-refractivity contribution >= 4 is 5.78 Å². The van der Waals surface area contributed by atoms with Crippen molar-refractivity contribution in [2.75, 3.05) is 0 Å². The first-order valence-corrected chi connectivity index (χ1v) is 6.81. The summed E-state index contributed by atoms with van der Waals surface area (Å²) >= 11 is 0. The molecule has 0 radical (unpaired) electrons. The summed E-state index contributed by atoms with van der Waals surface area (Å²) in [6.45, 7) is 6.62. The maximum Gasteiger partial charge on any atom is 0.179 e. The summed E-state index contributed by atoms with van der Waals surface area (Å²) in [4.78, 5) is 16.4. The predicted octanol–water partition coefficient (Wildman–Crippen LogP) is 3.06. The molecule has 0 saturated carbocycles. The zero-order valence-electron chi connectivity index (χ0n) is 12.2. The molecule has 3 heteroatoms. The van der Waals surface area contributed by atoms with Crippen LogP contribution in [0.2, 0.25) is 0 Å². The normalized spacial score (nSPS) is 12.2. The fourth-order valence-corrected chi connectivity index (χ4v) is 2.01. The van der Waals surface area contributed by atoms with Crippen LogP contribution in [0.1, 0.15) is 34.0 Å². The minimum absolute atomic E-state index is 0.122. The number of benzene rings is 1. The molecule has 0 aliphatic rings. The van der Waals surface area contributed by atoms with Gasteiger partial charge in [0.05, 0.1) is 6.04 Å². The molecule has 0 aliphatic carbocycles. The summed E-state index contributed by atoms with van der Waals surface area (Å²) in [6, 6.07) is 9.53. The molecule has 0 spiro atoms. The first-order chi connectivity index (χ1) is 9.58. The highest BCUT2D eigenvalue weighted by atomic mass is 16.1. The first kappa shape index (κ1) is 14.4. The fourth-order valence-electron chi connectivity index (χ4n) is 2.01. The van der Waals surface area contributed by atoms with Crippen molar-refractivity contribution in [3.63, 3.8) is 0 Å². The van der Waals surface area contributed by atoms with E-state index in [4.69, 9.17) is 0 Å². The summed E-state index contributed by atoms with van der Waals surface area (Å²) in [6.07, 6.45) is 3.55.